The van der Waals surface area contributed by atoms with Gasteiger partial charge < -0.3 is 19.5 Å². The maximum absolute atomic E-state index is 12.1. The number of rotatable bonds is 7. The van der Waals surface area contributed by atoms with Gasteiger partial charge in [-0.2, -0.15) is 0 Å². The molecule has 0 spiro atoms. The predicted octanol–water partition coefficient (Wildman–Crippen LogP) is 4.44. The van der Waals surface area contributed by atoms with Gasteiger partial charge in [-0.3, -0.25) is 9.71 Å². The molecule has 1 aliphatic heterocycles. The van der Waals surface area contributed by atoms with Crippen LogP contribution in [0, 0.1) is 13.8 Å². The molecule has 0 saturated carbocycles. The van der Waals surface area contributed by atoms with Crippen LogP contribution in [-0.4, -0.2) is 41.4 Å². The number of nitrogens with one attached hydrogen (secondary N) is 2. The summed E-state index contributed by atoms with van der Waals surface area (Å²) in [6.45, 7) is 4.12. The summed E-state index contributed by atoms with van der Waals surface area (Å²) in [5.74, 6) is 1.23. The minimum Gasteiger partial charge on any atom is -0.495 e. The zero-order valence-corrected chi connectivity index (χ0v) is 23.0. The molecule has 2 atom stereocenters. The first-order valence-electron chi connectivity index (χ1n) is 11.9. The van der Waals surface area contributed by atoms with Crippen LogP contribution in [0.5, 0.6) is 5.75 Å². The summed E-state index contributed by atoms with van der Waals surface area (Å²) in [5, 5.41) is 3.96. The van der Waals surface area contributed by atoms with Gasteiger partial charge in [-0.05, 0) is 80.2 Å². The van der Waals surface area contributed by atoms with Crippen LogP contribution >= 0.6 is 12.2 Å². The van der Waals surface area contributed by atoms with Crippen molar-refractivity contribution in [2.75, 3.05) is 23.0 Å². The molecule has 0 radical (unpaired) electrons. The number of hydrogen-bond acceptors (Lipinski definition) is 6. The summed E-state index contributed by atoms with van der Waals surface area (Å²) in [5.41, 5.74) is 4.97. The number of anilines is 2. The molecule has 1 fully saturated rings. The maximum atomic E-state index is 12.1. The third-order valence-electron chi connectivity index (χ3n) is 6.52. The molecule has 11 heteroatoms. The number of aromatic nitrogens is 3. The van der Waals surface area contributed by atoms with E-state index in [0.717, 1.165) is 34.7 Å². The topological polar surface area (TPSA) is 101 Å². The normalized spacial score (nSPS) is 17.4. The average molecular weight is 549 g/mol. The maximum Gasteiger partial charge on any atom is 0.229 e. The summed E-state index contributed by atoms with van der Waals surface area (Å²) in [6, 6.07) is 18.6. The lowest BCUT2D eigenvalue weighted by Gasteiger charge is -2.29. The van der Waals surface area contributed by atoms with E-state index >= 15 is 0 Å². The van der Waals surface area contributed by atoms with Crippen molar-refractivity contribution < 1.29 is 13.2 Å². The van der Waals surface area contributed by atoms with Gasteiger partial charge in [0.05, 0.1) is 36.8 Å². The monoisotopic (exact) mass is 548 g/mol. The summed E-state index contributed by atoms with van der Waals surface area (Å²) in [7, 11) is -2.04. The van der Waals surface area contributed by atoms with Crippen LogP contribution in [0.3, 0.4) is 0 Å². The van der Waals surface area contributed by atoms with Gasteiger partial charge in [0.2, 0.25) is 10.0 Å². The number of ether oxygens (including phenoxy) is 1. The highest BCUT2D eigenvalue weighted by molar-refractivity contribution is 7.92. The van der Waals surface area contributed by atoms with Crippen molar-refractivity contribution >= 4 is 38.7 Å². The van der Waals surface area contributed by atoms with Gasteiger partial charge in [-0.1, -0.05) is 12.1 Å². The van der Waals surface area contributed by atoms with Gasteiger partial charge >= 0.3 is 0 Å². The Morgan fingerprint density at radius 2 is 1.76 bits per heavy atom. The molecule has 4 aromatic rings. The average Bonchev–Trinajstić information content (AvgIpc) is 3.39. The molecule has 4 heterocycles. The van der Waals surface area contributed by atoms with Crippen LogP contribution in [0.4, 0.5) is 11.4 Å². The number of pyridine rings is 2. The molecule has 0 unspecified atom stereocenters. The van der Waals surface area contributed by atoms with Gasteiger partial charge in [-0.25, -0.2) is 13.4 Å². The summed E-state index contributed by atoms with van der Waals surface area (Å²) < 4.78 is 34.2. The fourth-order valence-corrected chi connectivity index (χ4v) is 5.90. The fourth-order valence-electron chi connectivity index (χ4n) is 5.00. The predicted molar refractivity (Wildman–Crippen MR) is 152 cm³/mol. The van der Waals surface area contributed by atoms with Crippen LogP contribution in [0.1, 0.15) is 34.7 Å². The van der Waals surface area contributed by atoms with Crippen molar-refractivity contribution in [3.05, 3.63) is 95.7 Å². The van der Waals surface area contributed by atoms with E-state index in [9.17, 15) is 8.42 Å². The van der Waals surface area contributed by atoms with Gasteiger partial charge in [0.25, 0.3) is 0 Å². The van der Waals surface area contributed by atoms with Crippen LogP contribution in [-0.2, 0) is 10.0 Å². The molecular formula is C27H28N6O3S2. The molecule has 5 rings (SSSR count). The third-order valence-corrected chi connectivity index (χ3v) is 7.43. The smallest absolute Gasteiger partial charge is 0.229 e. The molecular weight excluding hydrogens is 520 g/mol. The molecule has 9 nitrogen and oxygen atoms in total. The van der Waals surface area contributed by atoms with Crippen LogP contribution < -0.4 is 19.7 Å². The van der Waals surface area contributed by atoms with Crippen molar-refractivity contribution in [3.63, 3.8) is 0 Å². The standard InChI is InChI=1S/C27H28N6O3S2/c1-17-15-20(18(2)32(17)24-10-6-8-14-29-24)26-25(21-9-5-7-13-28-21)30-27(37)33(26)19-11-12-23(36-3)22(16-19)31-38(4,34)35/h5-16,25-26,31H,1-4H3,(H,30,37)/t25-,26-/m0/s1. The molecule has 0 amide bonds. The van der Waals surface area contributed by atoms with E-state index in [-0.39, 0.29) is 12.1 Å². The van der Waals surface area contributed by atoms with Gasteiger partial charge in [0.1, 0.15) is 11.6 Å². The number of thiocarbonyl (C=S) groups is 1. The molecule has 1 aromatic carbocycles. The second-order valence-electron chi connectivity index (χ2n) is 9.11. The van der Waals surface area contributed by atoms with Crippen LogP contribution in [0.15, 0.2) is 73.1 Å². The molecule has 196 valence electrons. The first kappa shape index (κ1) is 25.7. The first-order chi connectivity index (χ1) is 18.2. The van der Waals surface area contributed by atoms with Crippen molar-refractivity contribution in [2.24, 2.45) is 0 Å². The van der Waals surface area contributed by atoms with E-state index in [1.165, 1.54) is 7.11 Å². The highest BCUT2D eigenvalue weighted by Gasteiger charge is 2.42. The lowest BCUT2D eigenvalue weighted by molar-refractivity contribution is 0.417. The molecule has 3 aromatic heterocycles. The fraction of sp³-hybridized carbons (Fsp3) is 0.222. The molecule has 0 bridgehead atoms. The Morgan fingerprint density at radius 3 is 2.39 bits per heavy atom. The van der Waals surface area contributed by atoms with E-state index in [4.69, 9.17) is 17.0 Å². The number of nitrogens with zero attached hydrogens (tertiary/aromatic N) is 4. The zero-order chi connectivity index (χ0) is 27.0. The Hall–Kier alpha value is -3.96. The van der Waals surface area contributed by atoms with Crippen molar-refractivity contribution in [1.29, 1.82) is 0 Å². The highest BCUT2D eigenvalue weighted by Crippen LogP contribution is 2.45. The number of methoxy groups -OCH3 is 1. The second-order valence-corrected chi connectivity index (χ2v) is 11.2. The number of benzene rings is 1. The van der Waals surface area contributed by atoms with Crippen LogP contribution in [0.2, 0.25) is 0 Å². The van der Waals surface area contributed by atoms with E-state index in [2.05, 4.69) is 37.6 Å². The minimum atomic E-state index is -3.54. The van der Waals surface area contributed by atoms with Crippen molar-refractivity contribution in [3.8, 4) is 11.6 Å². The number of hydrogen-bond donors (Lipinski definition) is 2. The largest absolute Gasteiger partial charge is 0.495 e. The van der Waals surface area contributed by atoms with Crippen molar-refractivity contribution in [1.82, 2.24) is 19.9 Å². The Kier molecular flexibility index (Phi) is 6.80. The Bertz CT molecular complexity index is 1590. The summed E-state index contributed by atoms with van der Waals surface area (Å²) >= 11 is 5.87. The van der Waals surface area contributed by atoms with Gasteiger partial charge in [-0.15, -0.1) is 0 Å². The lowest BCUT2D eigenvalue weighted by Crippen LogP contribution is -2.29. The van der Waals surface area contributed by atoms with Gasteiger partial charge in [0.15, 0.2) is 5.11 Å². The Labute approximate surface area is 227 Å². The lowest BCUT2D eigenvalue weighted by atomic mass is 9.96. The quantitative estimate of drug-likeness (QED) is 0.327. The van der Waals surface area contributed by atoms with Crippen molar-refractivity contribution in [2.45, 2.75) is 25.9 Å². The first-order valence-corrected chi connectivity index (χ1v) is 14.2. The van der Waals surface area contributed by atoms with Gasteiger partial charge in [0, 0.05) is 29.5 Å². The third kappa shape index (κ3) is 4.82. The molecule has 0 aliphatic carbocycles. The van der Waals surface area contributed by atoms with E-state index in [1.54, 1.807) is 24.5 Å². The molecule has 38 heavy (non-hydrogen) atoms. The molecule has 2 N–H and O–H groups in total. The number of sulfonamides is 1. The molecule has 1 aliphatic rings. The van der Waals surface area contributed by atoms with E-state index in [0.29, 0.717) is 22.2 Å². The summed E-state index contributed by atoms with van der Waals surface area (Å²) in [4.78, 5) is 11.2. The second kappa shape index (κ2) is 10.1. The minimum absolute atomic E-state index is 0.255. The zero-order valence-electron chi connectivity index (χ0n) is 21.4. The van der Waals surface area contributed by atoms with E-state index in [1.807, 2.05) is 54.3 Å². The van der Waals surface area contributed by atoms with Crippen LogP contribution in [0.25, 0.3) is 5.82 Å². The highest BCUT2D eigenvalue weighted by atomic mass is 32.2. The Balaban J connectivity index is 1.68. The SMILES string of the molecule is COc1ccc(N2C(=S)N[C@@H](c3ccccn3)[C@@H]2c2cc(C)n(-c3ccccn3)c2C)cc1NS(C)(=O)=O. The van der Waals surface area contributed by atoms with E-state index < -0.39 is 10.0 Å². The summed E-state index contributed by atoms with van der Waals surface area (Å²) in [6.07, 6.45) is 4.64. The molecule has 1 saturated heterocycles. The Morgan fingerprint density at radius 1 is 1.03 bits per heavy atom. The number of aryl methyl sites for hydroxylation is 1.